The second-order valence-electron chi connectivity index (χ2n) is 3.78. The molecule has 16 heavy (non-hydrogen) atoms. The van der Waals surface area contributed by atoms with Gasteiger partial charge in [0, 0.05) is 24.5 Å². The number of amides is 1. The molecular formula is C11H11N4O+. The van der Waals surface area contributed by atoms with Crippen LogP contribution in [0.1, 0.15) is 18.9 Å². The van der Waals surface area contributed by atoms with Gasteiger partial charge in [-0.25, -0.2) is 5.43 Å². The minimum atomic E-state index is -0.0572. The van der Waals surface area contributed by atoms with E-state index in [-0.39, 0.29) is 11.8 Å². The highest BCUT2D eigenvalue weighted by Gasteiger charge is 2.21. The van der Waals surface area contributed by atoms with Gasteiger partial charge in [-0.05, 0) is 17.7 Å². The second kappa shape index (κ2) is 4.11. The molecule has 5 heteroatoms. The number of hydrogen-bond donors (Lipinski definition) is 1. The van der Waals surface area contributed by atoms with Crippen molar-refractivity contribution in [3.8, 4) is 0 Å². The Morgan fingerprint density at radius 1 is 1.44 bits per heavy atom. The van der Waals surface area contributed by atoms with Crippen LogP contribution in [0.5, 0.6) is 0 Å². The number of diazo groups is 1. The van der Waals surface area contributed by atoms with Crippen LogP contribution in [0.15, 0.2) is 29.4 Å². The van der Waals surface area contributed by atoms with Crippen LogP contribution in [0.4, 0.5) is 5.69 Å². The molecule has 0 aliphatic carbocycles. The van der Waals surface area contributed by atoms with Crippen LogP contribution in [0.3, 0.4) is 0 Å². The van der Waals surface area contributed by atoms with Gasteiger partial charge in [0.2, 0.25) is 11.3 Å². The fraction of sp³-hybridized carbons (Fsp3) is 0.273. The lowest BCUT2D eigenvalue weighted by molar-refractivity contribution is -0.121. The zero-order valence-corrected chi connectivity index (χ0v) is 8.84. The number of carbonyl (C=O) groups excluding carboxylic acids is 1. The van der Waals surface area contributed by atoms with E-state index in [4.69, 9.17) is 5.39 Å². The quantitative estimate of drug-likeness (QED) is 0.728. The lowest BCUT2D eigenvalue weighted by atomic mass is 9.94. The normalized spacial score (nSPS) is 19.6. The first-order chi connectivity index (χ1) is 7.70. The van der Waals surface area contributed by atoms with Crippen LogP contribution >= 0.6 is 0 Å². The van der Waals surface area contributed by atoms with Crippen LogP contribution in [0.2, 0.25) is 0 Å². The Labute approximate surface area is 92.8 Å². The molecule has 1 amide bonds. The summed E-state index contributed by atoms with van der Waals surface area (Å²) < 4.78 is 0. The largest absolute Gasteiger partial charge is 0.385 e. The average molecular weight is 215 g/mol. The van der Waals surface area contributed by atoms with Crippen molar-refractivity contribution in [2.24, 2.45) is 11.0 Å². The fourth-order valence-corrected chi connectivity index (χ4v) is 1.70. The Balaban J connectivity index is 2.30. The van der Waals surface area contributed by atoms with E-state index in [1.165, 1.54) is 0 Å². The molecule has 0 saturated carbocycles. The lowest BCUT2D eigenvalue weighted by Crippen LogP contribution is -2.31. The molecule has 0 aromatic heterocycles. The number of carbonyl (C=O) groups is 1. The molecule has 1 atom stereocenters. The molecule has 5 nitrogen and oxygen atoms in total. The number of nitrogens with zero attached hydrogens (tertiary/aromatic N) is 3. The number of hydrogen-bond acceptors (Lipinski definition) is 3. The van der Waals surface area contributed by atoms with E-state index >= 15 is 0 Å². The minimum Gasteiger partial charge on any atom is -0.273 e. The van der Waals surface area contributed by atoms with Crippen LogP contribution in [0, 0.1) is 11.3 Å². The number of rotatable bonds is 1. The van der Waals surface area contributed by atoms with Crippen molar-refractivity contribution < 1.29 is 4.79 Å². The van der Waals surface area contributed by atoms with E-state index < -0.39 is 0 Å². The molecule has 0 radical (unpaired) electrons. The molecule has 1 aromatic rings. The van der Waals surface area contributed by atoms with Crippen molar-refractivity contribution in [1.82, 2.24) is 5.43 Å². The maximum absolute atomic E-state index is 11.1. The van der Waals surface area contributed by atoms with Crippen molar-refractivity contribution in [3.05, 3.63) is 34.8 Å². The third-order valence-corrected chi connectivity index (χ3v) is 2.54. The summed E-state index contributed by atoms with van der Waals surface area (Å²) in [5.74, 6) is 0.0453. The van der Waals surface area contributed by atoms with Gasteiger partial charge >= 0.3 is 5.69 Å². The van der Waals surface area contributed by atoms with E-state index in [0.29, 0.717) is 12.1 Å². The van der Waals surface area contributed by atoms with Crippen LogP contribution in [0.25, 0.3) is 4.98 Å². The standard InChI is InChI=1S/C11H10N4O/c1-7-6-10(16)14-15-11(7)8-2-4-9(13-12)5-3-8/h2-5,7H,6H2,1H3/p+1. The van der Waals surface area contributed by atoms with Gasteiger partial charge in [0.1, 0.15) is 0 Å². The third kappa shape index (κ3) is 1.91. The Morgan fingerprint density at radius 3 is 2.69 bits per heavy atom. The molecule has 1 N–H and O–H groups in total. The predicted molar refractivity (Wildman–Crippen MR) is 59.6 cm³/mol. The highest BCUT2D eigenvalue weighted by molar-refractivity contribution is 6.05. The number of nitrogens with one attached hydrogen (secondary N) is 1. The van der Waals surface area contributed by atoms with Crippen molar-refractivity contribution in [3.63, 3.8) is 0 Å². The Bertz CT molecular complexity index is 484. The number of benzene rings is 1. The topological polar surface area (TPSA) is 69.6 Å². The first-order valence-corrected chi connectivity index (χ1v) is 5.02. The first-order valence-electron chi connectivity index (χ1n) is 5.02. The zero-order chi connectivity index (χ0) is 11.5. The fourth-order valence-electron chi connectivity index (χ4n) is 1.70. The predicted octanol–water partition coefficient (Wildman–Crippen LogP) is 2.03. The Kier molecular flexibility index (Phi) is 2.64. The smallest absolute Gasteiger partial charge is 0.273 e. The monoisotopic (exact) mass is 215 g/mol. The van der Waals surface area contributed by atoms with Gasteiger partial charge in [0.15, 0.2) is 4.98 Å². The van der Waals surface area contributed by atoms with Gasteiger partial charge in [-0.3, -0.25) is 4.79 Å². The van der Waals surface area contributed by atoms with E-state index in [9.17, 15) is 4.79 Å². The molecule has 1 unspecified atom stereocenters. The summed E-state index contributed by atoms with van der Waals surface area (Å²) in [7, 11) is 0. The highest BCUT2D eigenvalue weighted by atomic mass is 16.2. The SMILES string of the molecule is CC1CC(=O)NN=C1c1ccc([N+]#N)cc1. The molecule has 1 aromatic carbocycles. The summed E-state index contributed by atoms with van der Waals surface area (Å²) in [6.45, 7) is 1.96. The zero-order valence-electron chi connectivity index (χ0n) is 8.84. The summed E-state index contributed by atoms with van der Waals surface area (Å²) >= 11 is 0. The molecule has 1 aliphatic heterocycles. The van der Waals surface area contributed by atoms with Gasteiger partial charge in [-0.2, -0.15) is 5.10 Å². The molecule has 1 heterocycles. The van der Waals surface area contributed by atoms with Gasteiger partial charge < -0.3 is 0 Å². The third-order valence-electron chi connectivity index (χ3n) is 2.54. The van der Waals surface area contributed by atoms with E-state index in [0.717, 1.165) is 11.3 Å². The summed E-state index contributed by atoms with van der Waals surface area (Å²) in [6.07, 6.45) is 0.449. The Morgan fingerprint density at radius 2 is 2.12 bits per heavy atom. The maximum Gasteiger partial charge on any atom is 0.385 e. The van der Waals surface area contributed by atoms with E-state index in [2.05, 4.69) is 15.5 Å². The highest BCUT2D eigenvalue weighted by Crippen LogP contribution is 2.19. The Hall–Kier alpha value is -2.22. The molecule has 1 aliphatic rings. The van der Waals surface area contributed by atoms with Gasteiger partial charge in [0.25, 0.3) is 0 Å². The summed E-state index contributed by atoms with van der Waals surface area (Å²) in [5.41, 5.74) is 4.74. The molecule has 0 saturated heterocycles. The maximum atomic E-state index is 11.1. The molecule has 0 fully saturated rings. The van der Waals surface area contributed by atoms with E-state index in [1.807, 2.05) is 19.1 Å². The molecule has 0 spiro atoms. The summed E-state index contributed by atoms with van der Waals surface area (Å²) in [5, 5.41) is 12.6. The molecule has 2 rings (SSSR count). The van der Waals surface area contributed by atoms with Gasteiger partial charge in [0.05, 0.1) is 5.71 Å². The van der Waals surface area contributed by atoms with Crippen molar-refractivity contribution in [1.29, 1.82) is 5.39 Å². The van der Waals surface area contributed by atoms with Crippen molar-refractivity contribution in [2.45, 2.75) is 13.3 Å². The molecule has 0 bridgehead atoms. The van der Waals surface area contributed by atoms with Crippen LogP contribution in [-0.4, -0.2) is 11.6 Å². The molecule has 80 valence electrons. The van der Waals surface area contributed by atoms with Crippen molar-refractivity contribution >= 4 is 17.3 Å². The number of hydrazone groups is 1. The first kappa shape index (κ1) is 10.3. The summed E-state index contributed by atoms with van der Waals surface area (Å²) in [4.78, 5) is 14.2. The van der Waals surface area contributed by atoms with E-state index in [1.54, 1.807) is 12.1 Å². The van der Waals surface area contributed by atoms with Gasteiger partial charge in [-0.1, -0.05) is 6.92 Å². The van der Waals surface area contributed by atoms with Crippen molar-refractivity contribution in [2.75, 3.05) is 0 Å². The second-order valence-corrected chi connectivity index (χ2v) is 3.78. The minimum absolute atomic E-state index is 0.0572. The molecular weight excluding hydrogens is 204 g/mol. The van der Waals surface area contributed by atoms with Crippen LogP contribution < -0.4 is 5.43 Å². The average Bonchev–Trinajstić information content (AvgIpc) is 2.29. The van der Waals surface area contributed by atoms with Crippen LogP contribution in [-0.2, 0) is 4.79 Å². The lowest BCUT2D eigenvalue weighted by Gasteiger charge is -2.18. The van der Waals surface area contributed by atoms with Gasteiger partial charge in [-0.15, -0.1) is 0 Å². The summed E-state index contributed by atoms with van der Waals surface area (Å²) in [6, 6.07) is 7.03.